The number of ether oxygens (including phenoxy) is 1. The maximum absolute atomic E-state index is 9.05. The van der Waals surface area contributed by atoms with Crippen molar-refractivity contribution in [3.8, 4) is 5.75 Å². The number of aromatic nitrogens is 1. The topological polar surface area (TPSA) is 62.6 Å². The van der Waals surface area contributed by atoms with E-state index >= 15 is 0 Å². The second-order valence-electron chi connectivity index (χ2n) is 3.57. The Morgan fingerprint density at radius 3 is 2.15 bits per heavy atom. The molecular weight excluding hydrogens is 254 g/mol. The maximum Gasteiger partial charge on any atom is 0.123 e. The van der Waals surface area contributed by atoms with Crippen LogP contribution in [0.2, 0.25) is 0 Å². The highest BCUT2D eigenvalue weighted by atomic mass is 16.5. The van der Waals surface area contributed by atoms with Crippen molar-refractivity contribution >= 4 is 0 Å². The SMILES string of the molecule is C=C/C=C(\C=C)COc1cc(CO)nc(CO)c1.CC. The van der Waals surface area contributed by atoms with E-state index < -0.39 is 0 Å². The first-order chi connectivity index (χ1) is 9.73. The van der Waals surface area contributed by atoms with Gasteiger partial charge in [-0.15, -0.1) is 0 Å². The van der Waals surface area contributed by atoms with Crippen LogP contribution in [-0.4, -0.2) is 21.8 Å². The fraction of sp³-hybridized carbons (Fsp3) is 0.312. The van der Waals surface area contributed by atoms with Crippen LogP contribution < -0.4 is 4.74 Å². The normalized spacial score (nSPS) is 10.3. The van der Waals surface area contributed by atoms with E-state index in [0.29, 0.717) is 23.7 Å². The van der Waals surface area contributed by atoms with Crippen molar-refractivity contribution in [2.24, 2.45) is 0 Å². The van der Waals surface area contributed by atoms with E-state index in [1.807, 2.05) is 13.8 Å². The van der Waals surface area contributed by atoms with Crippen molar-refractivity contribution in [3.05, 3.63) is 60.5 Å². The van der Waals surface area contributed by atoms with Crippen LogP contribution in [0.4, 0.5) is 0 Å². The molecule has 20 heavy (non-hydrogen) atoms. The third kappa shape index (κ3) is 6.31. The summed E-state index contributed by atoms with van der Waals surface area (Å²) in [5.74, 6) is 0.551. The average molecular weight is 277 g/mol. The number of aliphatic hydroxyl groups is 2. The third-order valence-electron chi connectivity index (χ3n) is 2.23. The van der Waals surface area contributed by atoms with Crippen LogP contribution in [0.25, 0.3) is 0 Å². The van der Waals surface area contributed by atoms with E-state index in [4.69, 9.17) is 14.9 Å². The molecule has 1 rings (SSSR count). The highest BCUT2D eigenvalue weighted by Gasteiger charge is 2.03. The molecular formula is C16H23NO3. The molecule has 0 radical (unpaired) electrons. The molecule has 0 fully saturated rings. The Morgan fingerprint density at radius 1 is 1.20 bits per heavy atom. The first kappa shape index (κ1) is 18.1. The summed E-state index contributed by atoms with van der Waals surface area (Å²) >= 11 is 0. The Labute approximate surface area is 120 Å². The van der Waals surface area contributed by atoms with Gasteiger partial charge in [0, 0.05) is 12.1 Å². The molecule has 0 atom stereocenters. The van der Waals surface area contributed by atoms with E-state index in [1.54, 1.807) is 30.4 Å². The Bertz CT molecular complexity index is 431. The molecule has 4 nitrogen and oxygen atoms in total. The maximum atomic E-state index is 9.05. The molecule has 0 aliphatic carbocycles. The van der Waals surface area contributed by atoms with Gasteiger partial charge in [-0.3, -0.25) is 4.98 Å². The highest BCUT2D eigenvalue weighted by Crippen LogP contribution is 2.15. The molecule has 4 heteroatoms. The molecule has 110 valence electrons. The van der Waals surface area contributed by atoms with Gasteiger partial charge in [0.15, 0.2) is 0 Å². The average Bonchev–Trinajstić information content (AvgIpc) is 2.52. The van der Waals surface area contributed by atoms with Crippen LogP contribution >= 0.6 is 0 Å². The minimum Gasteiger partial charge on any atom is -0.489 e. The van der Waals surface area contributed by atoms with Gasteiger partial charge in [0.05, 0.1) is 24.6 Å². The van der Waals surface area contributed by atoms with Gasteiger partial charge < -0.3 is 14.9 Å². The molecule has 2 N–H and O–H groups in total. The van der Waals surface area contributed by atoms with Gasteiger partial charge in [-0.25, -0.2) is 0 Å². The Morgan fingerprint density at radius 2 is 1.75 bits per heavy atom. The molecule has 0 aliphatic rings. The fourth-order valence-electron chi connectivity index (χ4n) is 1.36. The van der Waals surface area contributed by atoms with Gasteiger partial charge in [-0.05, 0) is 5.57 Å². The molecule has 0 saturated carbocycles. The Kier molecular flexibility index (Phi) is 9.92. The smallest absolute Gasteiger partial charge is 0.123 e. The number of allylic oxidation sites excluding steroid dienone is 2. The summed E-state index contributed by atoms with van der Waals surface area (Å²) in [6.07, 6.45) is 5.14. The van der Waals surface area contributed by atoms with Gasteiger partial charge in [-0.2, -0.15) is 0 Å². The van der Waals surface area contributed by atoms with Crippen LogP contribution in [-0.2, 0) is 13.2 Å². The van der Waals surface area contributed by atoms with Crippen molar-refractivity contribution < 1.29 is 14.9 Å². The molecule has 1 aromatic rings. The van der Waals surface area contributed by atoms with Crippen molar-refractivity contribution in [1.82, 2.24) is 4.98 Å². The summed E-state index contributed by atoms with van der Waals surface area (Å²) in [7, 11) is 0. The first-order valence-corrected chi connectivity index (χ1v) is 6.52. The fourth-order valence-corrected chi connectivity index (χ4v) is 1.36. The highest BCUT2D eigenvalue weighted by molar-refractivity contribution is 5.29. The molecule has 0 aliphatic heterocycles. The molecule has 0 spiro atoms. The summed E-state index contributed by atoms with van der Waals surface area (Å²) in [5.41, 5.74) is 1.81. The molecule has 0 unspecified atom stereocenters. The summed E-state index contributed by atoms with van der Waals surface area (Å²) in [4.78, 5) is 4.02. The molecule has 0 bridgehead atoms. The summed E-state index contributed by atoms with van der Waals surface area (Å²) in [5, 5.41) is 18.1. The number of nitrogens with zero attached hydrogens (tertiary/aromatic N) is 1. The van der Waals surface area contributed by atoms with E-state index in [0.717, 1.165) is 5.57 Å². The lowest BCUT2D eigenvalue weighted by Gasteiger charge is -2.09. The predicted octanol–water partition coefficient (Wildman–Crippen LogP) is 2.77. The van der Waals surface area contributed by atoms with Gasteiger partial charge in [0.2, 0.25) is 0 Å². The second kappa shape index (κ2) is 11.0. The van der Waals surface area contributed by atoms with Gasteiger partial charge in [0.25, 0.3) is 0 Å². The van der Waals surface area contributed by atoms with Crippen molar-refractivity contribution in [3.63, 3.8) is 0 Å². The Hall–Kier alpha value is -1.91. The number of hydrogen-bond donors (Lipinski definition) is 2. The van der Waals surface area contributed by atoms with Gasteiger partial charge >= 0.3 is 0 Å². The van der Waals surface area contributed by atoms with Crippen LogP contribution in [0.5, 0.6) is 5.75 Å². The Balaban J connectivity index is 0.00000172. The van der Waals surface area contributed by atoms with E-state index in [-0.39, 0.29) is 13.2 Å². The quantitative estimate of drug-likeness (QED) is 0.752. The lowest BCUT2D eigenvalue weighted by Crippen LogP contribution is -2.03. The predicted molar refractivity (Wildman–Crippen MR) is 81.4 cm³/mol. The number of hydrogen-bond acceptors (Lipinski definition) is 4. The largest absolute Gasteiger partial charge is 0.489 e. The number of pyridine rings is 1. The van der Waals surface area contributed by atoms with Crippen LogP contribution in [0.15, 0.2) is 49.1 Å². The summed E-state index contributed by atoms with van der Waals surface area (Å²) < 4.78 is 5.55. The zero-order valence-electron chi connectivity index (χ0n) is 12.2. The van der Waals surface area contributed by atoms with Crippen molar-refractivity contribution in [2.75, 3.05) is 6.61 Å². The number of rotatable bonds is 7. The molecule has 0 amide bonds. The minimum atomic E-state index is -0.193. The van der Waals surface area contributed by atoms with Crippen molar-refractivity contribution in [2.45, 2.75) is 27.1 Å². The van der Waals surface area contributed by atoms with Crippen LogP contribution in [0.1, 0.15) is 25.2 Å². The lowest BCUT2D eigenvalue weighted by molar-refractivity contribution is 0.263. The van der Waals surface area contributed by atoms with E-state index in [2.05, 4.69) is 18.1 Å². The molecule has 0 aromatic carbocycles. The van der Waals surface area contributed by atoms with Gasteiger partial charge in [0.1, 0.15) is 12.4 Å². The standard InChI is InChI=1S/C14H17NO3.C2H6/c1-3-5-11(4-2)10-18-14-6-12(8-16)15-13(7-14)9-17;1-2/h3-7,16-17H,1-2,8-10H2;1-2H3/b11-5+;. The minimum absolute atomic E-state index is 0.193. The molecule has 1 aromatic heterocycles. The second-order valence-corrected chi connectivity index (χ2v) is 3.57. The van der Waals surface area contributed by atoms with Crippen LogP contribution in [0.3, 0.4) is 0 Å². The van der Waals surface area contributed by atoms with Gasteiger partial charge in [-0.1, -0.05) is 45.2 Å². The summed E-state index contributed by atoms with van der Waals surface area (Å²) in [6, 6.07) is 3.27. The first-order valence-electron chi connectivity index (χ1n) is 6.52. The van der Waals surface area contributed by atoms with E-state index in [9.17, 15) is 0 Å². The zero-order chi connectivity index (χ0) is 15.4. The zero-order valence-corrected chi connectivity index (χ0v) is 12.2. The molecule has 1 heterocycles. The monoisotopic (exact) mass is 277 g/mol. The summed E-state index contributed by atoms with van der Waals surface area (Å²) in [6.45, 7) is 11.2. The third-order valence-corrected chi connectivity index (χ3v) is 2.23. The molecule has 0 saturated heterocycles. The van der Waals surface area contributed by atoms with E-state index in [1.165, 1.54) is 0 Å². The number of aliphatic hydroxyl groups excluding tert-OH is 2. The van der Waals surface area contributed by atoms with Crippen molar-refractivity contribution in [1.29, 1.82) is 0 Å². The lowest BCUT2D eigenvalue weighted by atomic mass is 10.2. The van der Waals surface area contributed by atoms with Crippen LogP contribution in [0, 0.1) is 0 Å².